The number of carbonyl (C=O) groups excluding carboxylic acids is 2. The number of non-ortho nitro benzene ring substituents is 1. The Hall–Kier alpha value is -2.44. The minimum absolute atomic E-state index is 0.0507. The van der Waals surface area contributed by atoms with E-state index in [1.54, 1.807) is 0 Å². The number of carbonyl (C=O) groups is 2. The van der Waals surface area contributed by atoms with Crippen LogP contribution in [0.25, 0.3) is 0 Å². The second kappa shape index (κ2) is 6.65. The van der Waals surface area contributed by atoms with Gasteiger partial charge >= 0.3 is 0 Å². The number of hydrogen-bond acceptors (Lipinski definition) is 4. The van der Waals surface area contributed by atoms with Gasteiger partial charge in [-0.1, -0.05) is 13.8 Å². The van der Waals surface area contributed by atoms with Crippen molar-refractivity contribution in [2.24, 2.45) is 5.92 Å². The van der Waals surface area contributed by atoms with Crippen LogP contribution in [0.5, 0.6) is 0 Å². The Labute approximate surface area is 116 Å². The van der Waals surface area contributed by atoms with E-state index < -0.39 is 11.0 Å². The summed E-state index contributed by atoms with van der Waals surface area (Å²) in [5.74, 6) is -0.719. The highest BCUT2D eigenvalue weighted by atomic mass is 16.6. The Morgan fingerprint density at radius 1 is 1.20 bits per heavy atom. The first-order valence-electron chi connectivity index (χ1n) is 6.13. The van der Waals surface area contributed by atoms with Gasteiger partial charge in [0.05, 0.1) is 4.92 Å². The standard InChI is InChI=1S/C13H17N3O4/c1-8(2)12(14-9(3)17)13(18)15-10-4-6-11(7-5-10)16(19)20/h4-8,12H,1-3H3,(H,14,17)(H,15,18). The first kappa shape index (κ1) is 15.6. The van der Waals surface area contributed by atoms with Crippen molar-refractivity contribution in [2.45, 2.75) is 26.8 Å². The van der Waals surface area contributed by atoms with Gasteiger partial charge in [-0.05, 0) is 18.1 Å². The van der Waals surface area contributed by atoms with E-state index in [0.29, 0.717) is 5.69 Å². The molecule has 0 bridgehead atoms. The Morgan fingerprint density at radius 3 is 2.15 bits per heavy atom. The molecular weight excluding hydrogens is 262 g/mol. The molecule has 20 heavy (non-hydrogen) atoms. The topological polar surface area (TPSA) is 101 Å². The molecule has 0 aliphatic heterocycles. The molecule has 1 aromatic rings. The third kappa shape index (κ3) is 4.34. The van der Waals surface area contributed by atoms with Crippen LogP contribution in [0.15, 0.2) is 24.3 Å². The molecule has 0 saturated heterocycles. The summed E-state index contributed by atoms with van der Waals surface area (Å²) in [5.41, 5.74) is 0.391. The quantitative estimate of drug-likeness (QED) is 0.632. The summed E-state index contributed by atoms with van der Waals surface area (Å²) >= 11 is 0. The number of nitro groups is 1. The fourth-order valence-electron chi connectivity index (χ4n) is 1.64. The maximum absolute atomic E-state index is 12.0. The van der Waals surface area contributed by atoms with E-state index in [2.05, 4.69) is 10.6 Å². The van der Waals surface area contributed by atoms with Gasteiger partial charge in [0.25, 0.3) is 5.69 Å². The average Bonchev–Trinajstić information content (AvgIpc) is 2.35. The fourth-order valence-corrected chi connectivity index (χ4v) is 1.64. The summed E-state index contributed by atoms with van der Waals surface area (Å²) in [5, 5.41) is 15.7. The van der Waals surface area contributed by atoms with Crippen molar-refractivity contribution in [3.8, 4) is 0 Å². The number of nitrogens with zero attached hydrogens (tertiary/aromatic N) is 1. The molecule has 0 saturated carbocycles. The molecule has 7 heteroatoms. The second-order valence-electron chi connectivity index (χ2n) is 4.72. The molecule has 0 aliphatic carbocycles. The van der Waals surface area contributed by atoms with Crippen molar-refractivity contribution in [3.05, 3.63) is 34.4 Å². The van der Waals surface area contributed by atoms with Crippen LogP contribution in [0.3, 0.4) is 0 Å². The van der Waals surface area contributed by atoms with Gasteiger partial charge in [-0.3, -0.25) is 19.7 Å². The molecule has 0 spiro atoms. The minimum Gasteiger partial charge on any atom is -0.344 e. The van der Waals surface area contributed by atoms with Crippen LogP contribution < -0.4 is 10.6 Å². The molecule has 0 aromatic heterocycles. The number of nitro benzene ring substituents is 1. The van der Waals surface area contributed by atoms with Crippen LogP contribution in [0.2, 0.25) is 0 Å². The zero-order chi connectivity index (χ0) is 15.3. The van der Waals surface area contributed by atoms with Gasteiger partial charge in [0, 0.05) is 24.7 Å². The van der Waals surface area contributed by atoms with Gasteiger partial charge in [0.15, 0.2) is 0 Å². The molecule has 1 atom stereocenters. The Kier molecular flexibility index (Phi) is 5.19. The molecule has 2 N–H and O–H groups in total. The lowest BCUT2D eigenvalue weighted by Gasteiger charge is -2.20. The lowest BCUT2D eigenvalue weighted by molar-refractivity contribution is -0.384. The Bertz CT molecular complexity index is 511. The molecule has 1 unspecified atom stereocenters. The Morgan fingerprint density at radius 2 is 1.75 bits per heavy atom. The molecule has 0 aliphatic rings. The highest BCUT2D eigenvalue weighted by molar-refractivity contribution is 5.97. The van der Waals surface area contributed by atoms with Crippen LogP contribution in [-0.2, 0) is 9.59 Å². The lowest BCUT2D eigenvalue weighted by atomic mass is 10.0. The summed E-state index contributed by atoms with van der Waals surface area (Å²) in [6.45, 7) is 4.97. The molecule has 7 nitrogen and oxygen atoms in total. The first-order valence-corrected chi connectivity index (χ1v) is 6.13. The summed E-state index contributed by atoms with van der Waals surface area (Å²) in [4.78, 5) is 33.1. The number of hydrogen-bond donors (Lipinski definition) is 2. The maximum Gasteiger partial charge on any atom is 0.269 e. The molecule has 0 heterocycles. The minimum atomic E-state index is -0.650. The second-order valence-corrected chi connectivity index (χ2v) is 4.72. The smallest absolute Gasteiger partial charge is 0.269 e. The van der Waals surface area contributed by atoms with Gasteiger partial charge in [-0.2, -0.15) is 0 Å². The highest BCUT2D eigenvalue weighted by Gasteiger charge is 2.23. The van der Waals surface area contributed by atoms with Crippen molar-refractivity contribution in [3.63, 3.8) is 0 Å². The number of amides is 2. The van der Waals surface area contributed by atoms with Crippen molar-refractivity contribution in [2.75, 3.05) is 5.32 Å². The number of rotatable bonds is 5. The van der Waals surface area contributed by atoms with Gasteiger partial charge < -0.3 is 10.6 Å². The SMILES string of the molecule is CC(=O)NC(C(=O)Nc1ccc([N+](=O)[O-])cc1)C(C)C. The van der Waals surface area contributed by atoms with Gasteiger partial charge in [0.2, 0.25) is 11.8 Å². The van der Waals surface area contributed by atoms with Crippen LogP contribution in [0.4, 0.5) is 11.4 Å². The van der Waals surface area contributed by atoms with Gasteiger partial charge in [-0.15, -0.1) is 0 Å². The summed E-state index contributed by atoms with van der Waals surface area (Å²) in [6, 6.07) is 4.85. The van der Waals surface area contributed by atoms with E-state index in [9.17, 15) is 19.7 Å². The number of nitrogens with one attached hydrogen (secondary N) is 2. The van der Waals surface area contributed by atoms with Crippen LogP contribution in [-0.4, -0.2) is 22.8 Å². The summed E-state index contributed by atoms with van der Waals surface area (Å²) in [7, 11) is 0. The zero-order valence-corrected chi connectivity index (χ0v) is 11.5. The molecule has 2 amide bonds. The van der Waals surface area contributed by atoms with Crippen molar-refractivity contribution in [1.82, 2.24) is 5.32 Å². The van der Waals surface area contributed by atoms with Crippen LogP contribution in [0, 0.1) is 16.0 Å². The largest absolute Gasteiger partial charge is 0.344 e. The summed E-state index contributed by atoms with van der Waals surface area (Å²) in [6.07, 6.45) is 0. The monoisotopic (exact) mass is 279 g/mol. The highest BCUT2D eigenvalue weighted by Crippen LogP contribution is 2.16. The van der Waals surface area contributed by atoms with Crippen molar-refractivity contribution < 1.29 is 14.5 Å². The molecular formula is C13H17N3O4. The molecule has 1 aromatic carbocycles. The predicted molar refractivity (Wildman–Crippen MR) is 74.2 cm³/mol. The van der Waals surface area contributed by atoms with Crippen molar-refractivity contribution >= 4 is 23.2 Å². The predicted octanol–water partition coefficient (Wildman–Crippen LogP) is 1.69. The number of anilines is 1. The molecule has 0 fully saturated rings. The first-order chi connectivity index (χ1) is 9.31. The third-order valence-electron chi connectivity index (χ3n) is 2.65. The van der Waals surface area contributed by atoms with Crippen LogP contribution in [0.1, 0.15) is 20.8 Å². The lowest BCUT2D eigenvalue weighted by Crippen LogP contribution is -2.46. The average molecular weight is 279 g/mol. The van der Waals surface area contributed by atoms with Gasteiger partial charge in [0.1, 0.15) is 6.04 Å². The molecule has 1 rings (SSSR count). The van der Waals surface area contributed by atoms with E-state index in [0.717, 1.165) is 0 Å². The number of benzene rings is 1. The van der Waals surface area contributed by atoms with E-state index in [4.69, 9.17) is 0 Å². The van der Waals surface area contributed by atoms with Crippen molar-refractivity contribution in [1.29, 1.82) is 0 Å². The maximum atomic E-state index is 12.0. The Balaban J connectivity index is 2.77. The van der Waals surface area contributed by atoms with Crippen LogP contribution >= 0.6 is 0 Å². The fraction of sp³-hybridized carbons (Fsp3) is 0.385. The van der Waals surface area contributed by atoms with E-state index in [-0.39, 0.29) is 23.4 Å². The van der Waals surface area contributed by atoms with Gasteiger partial charge in [-0.25, -0.2) is 0 Å². The van der Waals surface area contributed by atoms with E-state index in [1.807, 2.05) is 13.8 Å². The summed E-state index contributed by atoms with van der Waals surface area (Å²) < 4.78 is 0. The normalized spacial score (nSPS) is 11.8. The molecule has 0 radical (unpaired) electrons. The molecule has 108 valence electrons. The zero-order valence-electron chi connectivity index (χ0n) is 11.5. The van der Waals surface area contributed by atoms with E-state index in [1.165, 1.54) is 31.2 Å². The third-order valence-corrected chi connectivity index (χ3v) is 2.65. The van der Waals surface area contributed by atoms with E-state index >= 15 is 0 Å².